The van der Waals surface area contributed by atoms with Crippen LogP contribution in [-0.4, -0.2) is 20.4 Å². The molecule has 144 valence electrons. The van der Waals surface area contributed by atoms with Crippen LogP contribution < -0.4 is 10.0 Å². The molecule has 1 heterocycles. The van der Waals surface area contributed by atoms with E-state index in [1.807, 2.05) is 0 Å². The van der Waals surface area contributed by atoms with E-state index in [0.29, 0.717) is 11.3 Å². The number of rotatable bonds is 3. The highest BCUT2D eigenvalue weighted by Crippen LogP contribution is 2.41. The molecule has 1 amide bonds. The van der Waals surface area contributed by atoms with Crippen LogP contribution in [0.3, 0.4) is 0 Å². The van der Waals surface area contributed by atoms with Crippen LogP contribution in [-0.2, 0) is 21.0 Å². The van der Waals surface area contributed by atoms with Crippen LogP contribution in [0.5, 0.6) is 0 Å². The zero-order valence-corrected chi connectivity index (χ0v) is 15.1. The summed E-state index contributed by atoms with van der Waals surface area (Å²) >= 11 is 0. The third-order valence-corrected chi connectivity index (χ3v) is 6.55. The lowest BCUT2D eigenvalue weighted by Crippen LogP contribution is -2.45. The van der Waals surface area contributed by atoms with Gasteiger partial charge in [-0.3, -0.25) is 9.10 Å². The van der Waals surface area contributed by atoms with Gasteiger partial charge in [-0.1, -0.05) is 18.2 Å². The summed E-state index contributed by atoms with van der Waals surface area (Å²) in [5.41, 5.74) is 5.32. The fourth-order valence-electron chi connectivity index (χ4n) is 3.35. The minimum atomic E-state index is -4.55. The summed E-state index contributed by atoms with van der Waals surface area (Å²) in [5.74, 6) is -1.18. The maximum absolute atomic E-state index is 13.1. The molecular weight excluding hydrogens is 381 g/mol. The number of fused-ring (bicyclic) bond motifs is 1. The first-order valence-electron chi connectivity index (χ1n) is 8.13. The van der Waals surface area contributed by atoms with E-state index in [0.717, 1.165) is 28.6 Å². The molecule has 0 radical (unpaired) electrons. The molecule has 0 bridgehead atoms. The van der Waals surface area contributed by atoms with E-state index in [4.69, 9.17) is 5.73 Å². The fourth-order valence-corrected chi connectivity index (χ4v) is 5.04. The minimum Gasteiger partial charge on any atom is -0.369 e. The van der Waals surface area contributed by atoms with Crippen molar-refractivity contribution >= 4 is 21.6 Å². The maximum atomic E-state index is 13.1. The topological polar surface area (TPSA) is 80.5 Å². The Bertz CT molecular complexity index is 972. The number of hydrogen-bond donors (Lipinski definition) is 1. The summed E-state index contributed by atoms with van der Waals surface area (Å²) in [6.07, 6.45) is -4.37. The van der Waals surface area contributed by atoms with Gasteiger partial charge in [0.1, 0.15) is 0 Å². The normalized spacial score (nSPS) is 20.2. The van der Waals surface area contributed by atoms with Crippen LogP contribution in [0.1, 0.15) is 30.4 Å². The highest BCUT2D eigenvalue weighted by Gasteiger charge is 2.39. The molecular formula is C18H17F3N2O3S. The molecule has 1 aliphatic heterocycles. The van der Waals surface area contributed by atoms with E-state index in [-0.39, 0.29) is 11.3 Å². The van der Waals surface area contributed by atoms with Gasteiger partial charge < -0.3 is 5.73 Å². The van der Waals surface area contributed by atoms with Gasteiger partial charge in [0.2, 0.25) is 5.91 Å². The molecule has 2 N–H and O–H groups in total. The standard InChI is InChI=1S/C18H17F3N2O3S/c1-11-10-15(17(22)24)14-4-2-3-5-16(14)23(11)27(25,26)13-8-6-12(7-9-13)18(19,20)21/h2-9,11,15H,10H2,1H3,(H2,22,24). The number of sulfonamides is 1. The lowest BCUT2D eigenvalue weighted by atomic mass is 9.87. The zero-order valence-electron chi connectivity index (χ0n) is 14.3. The lowest BCUT2D eigenvalue weighted by molar-refractivity contribution is -0.137. The number of carbonyl (C=O) groups is 1. The quantitative estimate of drug-likeness (QED) is 0.862. The van der Waals surface area contributed by atoms with Crippen LogP contribution in [0, 0.1) is 0 Å². The van der Waals surface area contributed by atoms with Crippen LogP contribution in [0.2, 0.25) is 0 Å². The summed E-state index contributed by atoms with van der Waals surface area (Å²) in [5, 5.41) is 0. The molecule has 0 aliphatic carbocycles. The van der Waals surface area contributed by atoms with Gasteiger partial charge in [0, 0.05) is 6.04 Å². The number of benzene rings is 2. The van der Waals surface area contributed by atoms with Crippen molar-refractivity contribution < 1.29 is 26.4 Å². The average Bonchev–Trinajstić information content (AvgIpc) is 2.60. The van der Waals surface area contributed by atoms with E-state index in [1.54, 1.807) is 31.2 Å². The summed E-state index contributed by atoms with van der Waals surface area (Å²) in [6.45, 7) is 1.63. The number of carbonyl (C=O) groups excluding carboxylic acids is 1. The third-order valence-electron chi connectivity index (χ3n) is 4.61. The fraction of sp³-hybridized carbons (Fsp3) is 0.278. The molecule has 27 heavy (non-hydrogen) atoms. The Morgan fingerprint density at radius 1 is 1.11 bits per heavy atom. The van der Waals surface area contributed by atoms with Crippen LogP contribution in [0.4, 0.5) is 18.9 Å². The molecule has 2 atom stereocenters. The summed E-state index contributed by atoms with van der Waals surface area (Å²) in [4.78, 5) is 11.5. The van der Waals surface area contributed by atoms with Gasteiger partial charge in [-0.05, 0) is 49.2 Å². The van der Waals surface area contributed by atoms with Gasteiger partial charge in [0.25, 0.3) is 10.0 Å². The summed E-state index contributed by atoms with van der Waals surface area (Å²) < 4.78 is 65.6. The first-order valence-corrected chi connectivity index (χ1v) is 9.57. The average molecular weight is 398 g/mol. The number of halogens is 3. The number of para-hydroxylation sites is 1. The van der Waals surface area contributed by atoms with E-state index in [2.05, 4.69) is 0 Å². The SMILES string of the molecule is CC1CC(C(N)=O)c2ccccc2N1S(=O)(=O)c1ccc(C(F)(F)F)cc1. The molecule has 5 nitrogen and oxygen atoms in total. The lowest BCUT2D eigenvalue weighted by Gasteiger charge is -2.38. The second kappa shape index (κ2) is 6.56. The monoisotopic (exact) mass is 398 g/mol. The highest BCUT2D eigenvalue weighted by atomic mass is 32.2. The third kappa shape index (κ3) is 3.39. The van der Waals surface area contributed by atoms with Crippen LogP contribution in [0.25, 0.3) is 0 Å². The number of hydrogen-bond acceptors (Lipinski definition) is 3. The smallest absolute Gasteiger partial charge is 0.369 e. The van der Waals surface area contributed by atoms with Crippen molar-refractivity contribution in [1.29, 1.82) is 0 Å². The second-order valence-corrected chi connectivity index (χ2v) is 8.24. The Kier molecular flexibility index (Phi) is 4.67. The van der Waals surface area contributed by atoms with Gasteiger partial charge in [-0.2, -0.15) is 13.2 Å². The Morgan fingerprint density at radius 3 is 2.26 bits per heavy atom. The van der Waals surface area contributed by atoms with E-state index < -0.39 is 39.6 Å². The van der Waals surface area contributed by atoms with E-state index in [1.165, 1.54) is 0 Å². The minimum absolute atomic E-state index is 0.187. The number of amides is 1. The highest BCUT2D eigenvalue weighted by molar-refractivity contribution is 7.92. The largest absolute Gasteiger partial charge is 0.416 e. The van der Waals surface area contributed by atoms with Gasteiger partial charge in [-0.25, -0.2) is 8.42 Å². The molecule has 2 unspecified atom stereocenters. The molecule has 0 fully saturated rings. The predicted molar refractivity (Wildman–Crippen MR) is 93.6 cm³/mol. The van der Waals surface area contributed by atoms with Crippen LogP contribution in [0.15, 0.2) is 53.4 Å². The van der Waals surface area contributed by atoms with Gasteiger partial charge in [-0.15, -0.1) is 0 Å². The van der Waals surface area contributed by atoms with Crippen molar-refractivity contribution in [3.63, 3.8) is 0 Å². The van der Waals surface area contributed by atoms with Crippen molar-refractivity contribution in [2.45, 2.75) is 36.4 Å². The second-order valence-electron chi connectivity index (χ2n) is 6.42. The zero-order chi connectivity index (χ0) is 20.0. The number of alkyl halides is 3. The number of anilines is 1. The van der Waals surface area contributed by atoms with Gasteiger partial charge in [0.05, 0.1) is 22.1 Å². The Hall–Kier alpha value is -2.55. The summed E-state index contributed by atoms with van der Waals surface area (Å²) in [6, 6.07) is 9.25. The van der Waals surface area contributed by atoms with Crippen molar-refractivity contribution in [3.05, 3.63) is 59.7 Å². The molecule has 0 saturated carbocycles. The van der Waals surface area contributed by atoms with E-state index in [9.17, 15) is 26.4 Å². The molecule has 2 aromatic rings. The molecule has 9 heteroatoms. The predicted octanol–water partition coefficient (Wildman–Crippen LogP) is 3.26. The molecule has 1 aliphatic rings. The van der Waals surface area contributed by atoms with Gasteiger partial charge in [0.15, 0.2) is 0 Å². The molecule has 0 aromatic heterocycles. The van der Waals surface area contributed by atoms with Crippen molar-refractivity contribution in [1.82, 2.24) is 0 Å². The van der Waals surface area contributed by atoms with Gasteiger partial charge >= 0.3 is 6.18 Å². The molecule has 0 spiro atoms. The van der Waals surface area contributed by atoms with Crippen molar-refractivity contribution in [2.75, 3.05) is 4.31 Å². The van der Waals surface area contributed by atoms with E-state index >= 15 is 0 Å². The van der Waals surface area contributed by atoms with Crippen molar-refractivity contribution in [3.8, 4) is 0 Å². The number of nitrogens with zero attached hydrogens (tertiary/aromatic N) is 1. The first-order chi connectivity index (χ1) is 12.5. The summed E-state index contributed by atoms with van der Waals surface area (Å²) in [7, 11) is -4.12. The Labute approximate surface area is 154 Å². The Balaban J connectivity index is 2.08. The maximum Gasteiger partial charge on any atom is 0.416 e. The number of nitrogens with two attached hydrogens (primary N) is 1. The molecule has 2 aromatic carbocycles. The van der Waals surface area contributed by atoms with Crippen LogP contribution >= 0.6 is 0 Å². The number of primary amides is 1. The molecule has 0 saturated heterocycles. The van der Waals surface area contributed by atoms with Crippen molar-refractivity contribution in [2.24, 2.45) is 5.73 Å². The first kappa shape index (κ1) is 19.2. The molecule has 3 rings (SSSR count). The Morgan fingerprint density at radius 2 is 1.70 bits per heavy atom.